The van der Waals surface area contributed by atoms with Crippen LogP contribution in [0, 0.1) is 0 Å². The van der Waals surface area contributed by atoms with Crippen molar-refractivity contribution in [3.05, 3.63) is 272 Å². The number of hydrogen-bond acceptors (Lipinski definition) is 1. The Kier molecular flexibility index (Phi) is 9.56. The summed E-state index contributed by atoms with van der Waals surface area (Å²) in [7, 11) is 0. The maximum atomic E-state index is 2.46. The van der Waals surface area contributed by atoms with E-state index in [9.17, 15) is 0 Å². The van der Waals surface area contributed by atoms with E-state index in [1.54, 1.807) is 0 Å². The third kappa shape index (κ3) is 6.58. The summed E-state index contributed by atoms with van der Waals surface area (Å²) in [6.45, 7) is 4.70. The van der Waals surface area contributed by atoms with Crippen molar-refractivity contribution in [2.45, 2.75) is 19.3 Å². The maximum Gasteiger partial charge on any atom is 0.0541 e. The van der Waals surface area contributed by atoms with Crippen LogP contribution in [0.25, 0.3) is 99.5 Å². The van der Waals surface area contributed by atoms with Crippen molar-refractivity contribution in [2.24, 2.45) is 0 Å². The third-order valence-corrected chi connectivity index (χ3v) is 15.3. The molecule has 3 heteroatoms. The molecule has 0 atom stereocenters. The summed E-state index contributed by atoms with van der Waals surface area (Å²) in [5.74, 6) is 0. The minimum absolute atomic E-state index is 0.0533. The van der Waals surface area contributed by atoms with Gasteiger partial charge in [-0.2, -0.15) is 0 Å². The zero-order chi connectivity index (χ0) is 47.9. The number of hydrogen-bond donors (Lipinski definition) is 0. The normalized spacial score (nSPS) is 12.7. The fraction of sp³-hybridized carbons (Fsp3) is 0.0435. The highest BCUT2D eigenvalue weighted by Gasteiger charge is 2.35. The van der Waals surface area contributed by atoms with Gasteiger partial charge < -0.3 is 14.0 Å². The zero-order valence-electron chi connectivity index (χ0n) is 40.2. The van der Waals surface area contributed by atoms with Crippen LogP contribution in [0.4, 0.5) is 17.1 Å². The standard InChI is InChI=1S/C69H49N3/c1-69(2)62-30-16-12-27-56(62)59-45-54(36-37-63(59)69)72-66-33-19-15-29-58(66)61-44-47(35-39-68(61)72)49-40-48(46-34-38-67-60(43-46)57-28-14-18-32-65(57)71(67)53-24-10-5-11-25-53)41-50(42-49)55-26-13-17-31-64(55)70(51-20-6-3-7-21-51)52-22-8-4-9-23-52/h3-45H,1-2H3. The second kappa shape index (κ2) is 16.5. The molecule has 11 aromatic carbocycles. The van der Waals surface area contributed by atoms with E-state index in [-0.39, 0.29) is 5.41 Å². The van der Waals surface area contributed by atoms with Crippen LogP contribution in [0.5, 0.6) is 0 Å². The molecule has 0 aliphatic heterocycles. The highest BCUT2D eigenvalue weighted by atomic mass is 15.1. The van der Waals surface area contributed by atoms with Gasteiger partial charge >= 0.3 is 0 Å². The molecule has 2 aromatic heterocycles. The summed E-state index contributed by atoms with van der Waals surface area (Å²) in [4.78, 5) is 2.38. The van der Waals surface area contributed by atoms with Crippen LogP contribution >= 0.6 is 0 Å². The highest BCUT2D eigenvalue weighted by molar-refractivity contribution is 6.12. The Morgan fingerprint density at radius 2 is 0.750 bits per heavy atom. The van der Waals surface area contributed by atoms with Crippen molar-refractivity contribution in [3.63, 3.8) is 0 Å². The Balaban J connectivity index is 0.980. The molecule has 0 unspecified atom stereocenters. The molecule has 0 spiro atoms. The van der Waals surface area contributed by atoms with Crippen LogP contribution in [0.15, 0.2) is 261 Å². The van der Waals surface area contributed by atoms with Gasteiger partial charge in [0.25, 0.3) is 0 Å². The van der Waals surface area contributed by atoms with Crippen LogP contribution in [0.3, 0.4) is 0 Å². The minimum atomic E-state index is -0.0533. The van der Waals surface area contributed by atoms with E-state index in [2.05, 4.69) is 289 Å². The van der Waals surface area contributed by atoms with Crippen LogP contribution < -0.4 is 4.90 Å². The number of fused-ring (bicyclic) bond motifs is 9. The van der Waals surface area contributed by atoms with Gasteiger partial charge in [-0.1, -0.05) is 166 Å². The van der Waals surface area contributed by atoms with Gasteiger partial charge in [0.05, 0.1) is 27.8 Å². The molecule has 72 heavy (non-hydrogen) atoms. The van der Waals surface area contributed by atoms with Crippen molar-refractivity contribution in [1.82, 2.24) is 9.13 Å². The Hall–Kier alpha value is -9.18. The Bertz CT molecular complexity index is 4190. The van der Waals surface area contributed by atoms with Crippen molar-refractivity contribution >= 4 is 60.7 Å². The summed E-state index contributed by atoms with van der Waals surface area (Å²) in [6.07, 6.45) is 0. The van der Waals surface area contributed by atoms with Gasteiger partial charge in [-0.05, 0) is 159 Å². The monoisotopic (exact) mass is 919 g/mol. The SMILES string of the molecule is CC1(C)c2ccccc2-c2cc(-n3c4ccccc4c4cc(-c5cc(-c6ccc7c(c6)c6ccccc6n7-c6ccccc6)cc(-c6ccccc6N(c6ccccc6)c6ccccc6)c5)ccc43)ccc21. The lowest BCUT2D eigenvalue weighted by molar-refractivity contribution is 0.660. The maximum absolute atomic E-state index is 2.46. The van der Waals surface area contributed by atoms with E-state index in [0.29, 0.717) is 0 Å². The van der Waals surface area contributed by atoms with Crippen LogP contribution in [0.2, 0.25) is 0 Å². The lowest BCUT2D eigenvalue weighted by Crippen LogP contribution is -2.14. The second-order valence-corrected chi connectivity index (χ2v) is 19.7. The Morgan fingerprint density at radius 3 is 1.36 bits per heavy atom. The molecule has 0 bridgehead atoms. The molecule has 14 rings (SSSR count). The van der Waals surface area contributed by atoms with Crippen LogP contribution in [-0.4, -0.2) is 9.13 Å². The van der Waals surface area contributed by atoms with Gasteiger partial charge in [-0.25, -0.2) is 0 Å². The summed E-state index contributed by atoms with van der Waals surface area (Å²) < 4.78 is 4.85. The Morgan fingerprint density at radius 1 is 0.292 bits per heavy atom. The first-order chi connectivity index (χ1) is 35.5. The molecule has 0 N–H and O–H groups in total. The lowest BCUT2D eigenvalue weighted by atomic mass is 9.82. The van der Waals surface area contributed by atoms with Gasteiger partial charge in [-0.15, -0.1) is 0 Å². The molecule has 1 aliphatic rings. The van der Waals surface area contributed by atoms with E-state index >= 15 is 0 Å². The molecule has 0 saturated heterocycles. The number of para-hydroxylation sites is 6. The molecule has 1 aliphatic carbocycles. The van der Waals surface area contributed by atoms with Gasteiger partial charge in [0, 0.05) is 55.3 Å². The molecule has 3 nitrogen and oxygen atoms in total. The van der Waals surface area contributed by atoms with E-state index < -0.39 is 0 Å². The number of benzene rings is 11. The molecule has 0 radical (unpaired) electrons. The lowest BCUT2D eigenvalue weighted by Gasteiger charge is -2.28. The van der Waals surface area contributed by atoms with Gasteiger partial charge in [-0.3, -0.25) is 0 Å². The summed E-state index contributed by atoms with van der Waals surface area (Å²) in [5.41, 5.74) is 22.7. The first-order valence-electron chi connectivity index (χ1n) is 25.0. The van der Waals surface area contributed by atoms with E-state index in [4.69, 9.17) is 0 Å². The number of nitrogens with zero attached hydrogens (tertiary/aromatic N) is 3. The number of rotatable bonds is 8. The quantitative estimate of drug-likeness (QED) is 0.148. The van der Waals surface area contributed by atoms with Gasteiger partial charge in [0.2, 0.25) is 0 Å². The first-order valence-corrected chi connectivity index (χ1v) is 25.0. The van der Waals surface area contributed by atoms with Gasteiger partial charge in [0.15, 0.2) is 0 Å². The second-order valence-electron chi connectivity index (χ2n) is 19.7. The molecule has 0 saturated carbocycles. The molecule has 0 fully saturated rings. The fourth-order valence-electron chi connectivity index (χ4n) is 11.9. The smallest absolute Gasteiger partial charge is 0.0541 e. The molecular formula is C69H49N3. The van der Waals surface area contributed by atoms with Crippen molar-refractivity contribution in [3.8, 4) is 55.9 Å². The van der Waals surface area contributed by atoms with Crippen LogP contribution in [-0.2, 0) is 5.41 Å². The average molecular weight is 920 g/mol. The molecule has 340 valence electrons. The summed E-state index contributed by atoms with van der Waals surface area (Å²) >= 11 is 0. The predicted octanol–water partition coefficient (Wildman–Crippen LogP) is 18.7. The average Bonchev–Trinajstić information content (AvgIpc) is 4.04. The largest absolute Gasteiger partial charge is 0.310 e. The topological polar surface area (TPSA) is 13.1 Å². The molecule has 0 amide bonds. The first kappa shape index (κ1) is 41.8. The zero-order valence-corrected chi connectivity index (χ0v) is 40.2. The fourth-order valence-corrected chi connectivity index (χ4v) is 11.9. The van der Waals surface area contributed by atoms with E-state index in [1.807, 2.05) is 0 Å². The third-order valence-electron chi connectivity index (χ3n) is 15.3. The molecular weight excluding hydrogens is 871 g/mol. The number of anilines is 3. The molecule has 2 heterocycles. The van der Waals surface area contributed by atoms with Crippen molar-refractivity contribution in [2.75, 3.05) is 4.90 Å². The van der Waals surface area contributed by atoms with Crippen LogP contribution in [0.1, 0.15) is 25.0 Å². The van der Waals surface area contributed by atoms with E-state index in [1.165, 1.54) is 82.7 Å². The van der Waals surface area contributed by atoms with Crippen molar-refractivity contribution in [1.29, 1.82) is 0 Å². The summed E-state index contributed by atoms with van der Waals surface area (Å²) in [5, 5.41) is 4.93. The summed E-state index contributed by atoms with van der Waals surface area (Å²) in [6, 6.07) is 96.0. The van der Waals surface area contributed by atoms with Crippen molar-refractivity contribution < 1.29 is 0 Å². The minimum Gasteiger partial charge on any atom is -0.310 e. The molecule has 13 aromatic rings. The highest BCUT2D eigenvalue weighted by Crippen LogP contribution is 2.50. The number of aromatic nitrogens is 2. The predicted molar refractivity (Wildman–Crippen MR) is 304 cm³/mol. The van der Waals surface area contributed by atoms with E-state index in [0.717, 1.165) is 45.0 Å². The Labute approximate surface area is 419 Å². The van der Waals surface area contributed by atoms with Gasteiger partial charge in [0.1, 0.15) is 0 Å².